The van der Waals surface area contributed by atoms with Gasteiger partial charge >= 0.3 is 0 Å². The van der Waals surface area contributed by atoms with Gasteiger partial charge in [-0.15, -0.1) is 22.7 Å². The highest BCUT2D eigenvalue weighted by Gasteiger charge is 2.30. The zero-order chi connectivity index (χ0) is 14.9. The molecule has 0 atom stereocenters. The Hall–Kier alpha value is -0.210. The molecule has 2 heterocycles. The molecule has 0 fully saturated rings. The van der Waals surface area contributed by atoms with Gasteiger partial charge < -0.3 is 0 Å². The maximum atomic E-state index is 12.9. The summed E-state index contributed by atoms with van der Waals surface area (Å²) in [6.45, 7) is 6.07. The fraction of sp³-hybridized carbons (Fsp3) is 0.385. The SMILES string of the molecule is Cc1sc(Br)cc1S(=O)(=O)N(Cc1cccs1)C(C)C. The van der Waals surface area contributed by atoms with Gasteiger partial charge in [0.05, 0.1) is 8.68 Å². The van der Waals surface area contributed by atoms with Crippen LogP contribution in [0.1, 0.15) is 23.6 Å². The van der Waals surface area contributed by atoms with Gasteiger partial charge in [0.2, 0.25) is 10.0 Å². The zero-order valence-electron chi connectivity index (χ0n) is 11.5. The average Bonchev–Trinajstić information content (AvgIpc) is 2.95. The molecule has 2 aromatic heterocycles. The van der Waals surface area contributed by atoms with Crippen molar-refractivity contribution in [3.8, 4) is 0 Å². The third kappa shape index (κ3) is 3.33. The summed E-state index contributed by atoms with van der Waals surface area (Å²) in [4.78, 5) is 2.27. The summed E-state index contributed by atoms with van der Waals surface area (Å²) in [6.07, 6.45) is 0. The molecular formula is C13H16BrNO2S3. The lowest BCUT2D eigenvalue weighted by atomic mass is 10.4. The molecule has 0 aliphatic heterocycles. The Morgan fingerprint density at radius 3 is 2.55 bits per heavy atom. The Morgan fingerprint density at radius 1 is 1.40 bits per heavy atom. The van der Waals surface area contributed by atoms with Gasteiger partial charge in [0.1, 0.15) is 0 Å². The van der Waals surface area contributed by atoms with Gasteiger partial charge in [-0.2, -0.15) is 4.31 Å². The van der Waals surface area contributed by atoms with E-state index in [1.165, 1.54) is 11.3 Å². The minimum Gasteiger partial charge on any atom is -0.207 e. The van der Waals surface area contributed by atoms with Crippen LogP contribution in [-0.4, -0.2) is 18.8 Å². The van der Waals surface area contributed by atoms with E-state index >= 15 is 0 Å². The van der Waals surface area contributed by atoms with Crippen LogP contribution in [0.5, 0.6) is 0 Å². The van der Waals surface area contributed by atoms with Gasteiger partial charge in [-0.3, -0.25) is 0 Å². The molecule has 0 saturated carbocycles. The standard InChI is InChI=1S/C13H16BrNO2S3/c1-9(2)15(8-11-5-4-6-18-11)20(16,17)12-7-13(14)19-10(12)3/h4-7,9H,8H2,1-3H3. The van der Waals surface area contributed by atoms with Crippen molar-refractivity contribution in [3.63, 3.8) is 0 Å². The van der Waals surface area contributed by atoms with Crippen molar-refractivity contribution in [1.29, 1.82) is 0 Å². The quantitative estimate of drug-likeness (QED) is 0.750. The third-order valence-electron chi connectivity index (χ3n) is 2.90. The van der Waals surface area contributed by atoms with E-state index in [1.54, 1.807) is 21.7 Å². The summed E-state index contributed by atoms with van der Waals surface area (Å²) in [7, 11) is -3.47. The summed E-state index contributed by atoms with van der Waals surface area (Å²) in [5.41, 5.74) is 0. The molecule has 110 valence electrons. The highest BCUT2D eigenvalue weighted by Crippen LogP contribution is 2.33. The van der Waals surface area contributed by atoms with Crippen LogP contribution in [0, 0.1) is 6.92 Å². The van der Waals surface area contributed by atoms with Crippen LogP contribution in [0.15, 0.2) is 32.3 Å². The topological polar surface area (TPSA) is 37.4 Å². The molecule has 7 heteroatoms. The molecule has 3 nitrogen and oxygen atoms in total. The molecule has 2 aromatic rings. The molecule has 2 rings (SSSR count). The number of hydrogen-bond acceptors (Lipinski definition) is 4. The molecule has 0 spiro atoms. The predicted octanol–water partition coefficient (Wildman–Crippen LogP) is 4.48. The number of rotatable bonds is 5. The Bertz CT molecular complexity index is 675. The van der Waals surface area contributed by atoms with Gasteiger partial charge in [0.15, 0.2) is 0 Å². The summed E-state index contributed by atoms with van der Waals surface area (Å²) in [6, 6.07) is 5.52. The van der Waals surface area contributed by atoms with Crippen LogP contribution in [0.3, 0.4) is 0 Å². The number of nitrogens with zero attached hydrogens (tertiary/aromatic N) is 1. The van der Waals surface area contributed by atoms with Gasteiger partial charge in [-0.05, 0) is 54.2 Å². The van der Waals surface area contributed by atoms with Crippen LogP contribution in [-0.2, 0) is 16.6 Å². The van der Waals surface area contributed by atoms with Gasteiger partial charge in [0.25, 0.3) is 0 Å². The zero-order valence-corrected chi connectivity index (χ0v) is 15.5. The number of hydrogen-bond donors (Lipinski definition) is 0. The van der Waals surface area contributed by atoms with Crippen molar-refractivity contribution >= 4 is 48.6 Å². The lowest BCUT2D eigenvalue weighted by Gasteiger charge is -2.25. The fourth-order valence-corrected chi connectivity index (χ4v) is 6.70. The van der Waals surface area contributed by atoms with Crippen molar-refractivity contribution in [3.05, 3.63) is 37.1 Å². The number of thiophene rings is 2. The number of halogens is 1. The van der Waals surface area contributed by atoms with E-state index in [0.717, 1.165) is 13.5 Å². The molecule has 0 bridgehead atoms. The summed E-state index contributed by atoms with van der Waals surface area (Å²) >= 11 is 6.38. The predicted molar refractivity (Wildman–Crippen MR) is 88.9 cm³/mol. The van der Waals surface area contributed by atoms with Crippen molar-refractivity contribution < 1.29 is 8.42 Å². The number of sulfonamides is 1. The molecule has 0 amide bonds. The second-order valence-electron chi connectivity index (χ2n) is 4.69. The normalized spacial score (nSPS) is 12.5. The minimum absolute atomic E-state index is 0.0832. The van der Waals surface area contributed by atoms with Crippen molar-refractivity contribution in [1.82, 2.24) is 4.31 Å². The molecular weight excluding hydrogens is 378 g/mol. The van der Waals surface area contributed by atoms with Crippen LogP contribution >= 0.6 is 38.6 Å². The maximum Gasteiger partial charge on any atom is 0.244 e. The molecule has 20 heavy (non-hydrogen) atoms. The molecule has 0 N–H and O–H groups in total. The first-order chi connectivity index (χ1) is 9.32. The maximum absolute atomic E-state index is 12.9. The van der Waals surface area contributed by atoms with E-state index in [-0.39, 0.29) is 6.04 Å². The van der Waals surface area contributed by atoms with E-state index in [2.05, 4.69) is 15.9 Å². The van der Waals surface area contributed by atoms with Gasteiger partial charge in [-0.1, -0.05) is 6.07 Å². The smallest absolute Gasteiger partial charge is 0.207 e. The summed E-state index contributed by atoms with van der Waals surface area (Å²) < 4.78 is 28.1. The molecule has 0 saturated heterocycles. The van der Waals surface area contributed by atoms with Gasteiger partial charge in [0, 0.05) is 22.3 Å². The van der Waals surface area contributed by atoms with E-state index in [1.807, 2.05) is 38.3 Å². The van der Waals surface area contributed by atoms with E-state index in [0.29, 0.717) is 11.4 Å². The third-order valence-corrected chi connectivity index (χ3v) is 7.59. The first kappa shape index (κ1) is 16.2. The van der Waals surface area contributed by atoms with E-state index in [4.69, 9.17) is 0 Å². The van der Waals surface area contributed by atoms with Crippen LogP contribution in [0.25, 0.3) is 0 Å². The first-order valence-corrected chi connectivity index (χ1v) is 10.1. The second kappa shape index (κ2) is 6.27. The molecule has 0 radical (unpaired) electrons. The molecule has 0 aliphatic carbocycles. The van der Waals surface area contributed by atoms with Gasteiger partial charge in [-0.25, -0.2) is 8.42 Å². The average molecular weight is 394 g/mol. The van der Waals surface area contributed by atoms with Crippen LogP contribution in [0.2, 0.25) is 0 Å². The summed E-state index contributed by atoms with van der Waals surface area (Å²) in [5.74, 6) is 0. The monoisotopic (exact) mass is 393 g/mol. The van der Waals surface area contributed by atoms with E-state index < -0.39 is 10.0 Å². The lowest BCUT2D eigenvalue weighted by molar-refractivity contribution is 0.350. The Labute approximate surface area is 136 Å². The van der Waals surface area contributed by atoms with Crippen molar-refractivity contribution in [2.45, 2.75) is 38.3 Å². The lowest BCUT2D eigenvalue weighted by Crippen LogP contribution is -2.36. The summed E-state index contributed by atoms with van der Waals surface area (Å²) in [5, 5.41) is 1.97. The van der Waals surface area contributed by atoms with Crippen LogP contribution in [0.4, 0.5) is 0 Å². The van der Waals surface area contributed by atoms with E-state index in [9.17, 15) is 8.42 Å². The molecule has 0 aliphatic rings. The fourth-order valence-electron chi connectivity index (χ4n) is 1.91. The van der Waals surface area contributed by atoms with Crippen molar-refractivity contribution in [2.24, 2.45) is 0 Å². The largest absolute Gasteiger partial charge is 0.244 e. The Balaban J connectivity index is 2.40. The second-order valence-corrected chi connectivity index (χ2v) is 10.2. The Kier molecular flexibility index (Phi) is 5.07. The Morgan fingerprint density at radius 2 is 2.10 bits per heavy atom. The van der Waals surface area contributed by atoms with Crippen molar-refractivity contribution in [2.75, 3.05) is 0 Å². The molecule has 0 aromatic carbocycles. The number of aryl methyl sites for hydroxylation is 1. The first-order valence-electron chi connectivity index (χ1n) is 6.12. The highest BCUT2D eigenvalue weighted by atomic mass is 79.9. The molecule has 0 unspecified atom stereocenters. The highest BCUT2D eigenvalue weighted by molar-refractivity contribution is 9.11. The minimum atomic E-state index is -3.47. The van der Waals surface area contributed by atoms with Crippen LogP contribution < -0.4 is 0 Å².